The lowest BCUT2D eigenvalue weighted by atomic mass is 10.3. The number of carbonyl (C=O) groups excluding carboxylic acids is 1. The molecule has 0 radical (unpaired) electrons. The molecule has 2 aromatic heterocycles. The van der Waals surface area contributed by atoms with E-state index < -0.39 is 0 Å². The number of thioether (sulfide) groups is 1. The average Bonchev–Trinajstić information content (AvgIpc) is 3.03. The minimum atomic E-state index is -0.120. The summed E-state index contributed by atoms with van der Waals surface area (Å²) in [5.74, 6) is 6.12. The maximum absolute atomic E-state index is 11.9. The monoisotopic (exact) mass is 415 g/mol. The van der Waals surface area contributed by atoms with Gasteiger partial charge in [-0.15, -0.1) is 10.2 Å². The Balaban J connectivity index is 1.62. The Bertz CT molecular complexity index is 782. The van der Waals surface area contributed by atoms with E-state index in [1.165, 1.54) is 27.3 Å². The van der Waals surface area contributed by atoms with E-state index in [-0.39, 0.29) is 11.7 Å². The number of aromatic nitrogens is 5. The number of nitrogens with zero attached hydrogens (tertiary/aromatic N) is 5. The Kier molecular flexibility index (Phi) is 3.96. The van der Waals surface area contributed by atoms with Gasteiger partial charge in [-0.05, 0) is 46.9 Å². The van der Waals surface area contributed by atoms with Gasteiger partial charge in [-0.25, -0.2) is 4.68 Å². The van der Waals surface area contributed by atoms with E-state index in [1.807, 2.05) is 24.3 Å². The van der Waals surface area contributed by atoms with Gasteiger partial charge in [0.2, 0.25) is 11.1 Å². The molecule has 10 heteroatoms. The second-order valence-electron chi connectivity index (χ2n) is 4.08. The van der Waals surface area contributed by atoms with Crippen LogP contribution in [0.4, 0.5) is 5.69 Å². The number of benzene rings is 1. The van der Waals surface area contributed by atoms with Crippen molar-refractivity contribution in [2.24, 2.45) is 0 Å². The Labute approximate surface area is 137 Å². The van der Waals surface area contributed by atoms with Gasteiger partial charge in [0.05, 0.1) is 5.75 Å². The molecule has 0 bridgehead atoms. The molecule has 0 saturated carbocycles. The Morgan fingerprint density at radius 3 is 2.86 bits per heavy atom. The van der Waals surface area contributed by atoms with Crippen molar-refractivity contribution in [3.63, 3.8) is 0 Å². The molecule has 0 aliphatic heterocycles. The zero-order valence-electron chi connectivity index (χ0n) is 10.6. The summed E-state index contributed by atoms with van der Waals surface area (Å²) in [5, 5.41) is 15.2. The maximum Gasteiger partial charge on any atom is 0.273 e. The van der Waals surface area contributed by atoms with Crippen molar-refractivity contribution in [3.05, 3.63) is 34.2 Å². The largest absolute Gasteiger partial charge is 0.335 e. The first-order valence-electron chi connectivity index (χ1n) is 5.85. The molecule has 108 valence electrons. The number of hydrogen-bond acceptors (Lipinski definition) is 6. The zero-order chi connectivity index (χ0) is 14.8. The highest BCUT2D eigenvalue weighted by molar-refractivity contribution is 14.1. The number of carbonyl (C=O) groups is 1. The van der Waals surface area contributed by atoms with Gasteiger partial charge in [0.15, 0.2) is 0 Å². The first kappa shape index (κ1) is 14.1. The molecule has 0 unspecified atom stereocenters. The van der Waals surface area contributed by atoms with E-state index in [0.29, 0.717) is 10.9 Å². The van der Waals surface area contributed by atoms with Crippen LogP contribution in [-0.4, -0.2) is 36.1 Å². The third kappa shape index (κ3) is 3.10. The number of amides is 1. The normalized spacial score (nSPS) is 10.9. The van der Waals surface area contributed by atoms with E-state index in [9.17, 15) is 4.79 Å². The lowest BCUT2D eigenvalue weighted by Gasteiger charge is -2.04. The third-order valence-electron chi connectivity index (χ3n) is 2.58. The van der Waals surface area contributed by atoms with Gasteiger partial charge in [0, 0.05) is 9.26 Å². The van der Waals surface area contributed by atoms with Gasteiger partial charge in [0.25, 0.3) is 5.78 Å². The molecule has 8 nitrogen and oxygen atoms in total. The quantitative estimate of drug-likeness (QED) is 0.374. The highest BCUT2D eigenvalue weighted by atomic mass is 127. The number of nitrogens with two attached hydrogens (primary N) is 1. The van der Waals surface area contributed by atoms with Crippen LogP contribution in [0.5, 0.6) is 0 Å². The van der Waals surface area contributed by atoms with Crippen molar-refractivity contribution in [1.29, 1.82) is 0 Å². The Morgan fingerprint density at radius 1 is 1.33 bits per heavy atom. The summed E-state index contributed by atoms with van der Waals surface area (Å²) in [6.45, 7) is 0. The van der Waals surface area contributed by atoms with Crippen molar-refractivity contribution >= 4 is 51.7 Å². The van der Waals surface area contributed by atoms with E-state index >= 15 is 0 Å². The smallest absolute Gasteiger partial charge is 0.273 e. The van der Waals surface area contributed by atoms with Crippen LogP contribution < -0.4 is 11.2 Å². The number of halogens is 1. The van der Waals surface area contributed by atoms with E-state index in [1.54, 1.807) is 0 Å². The van der Waals surface area contributed by atoms with Gasteiger partial charge in [0.1, 0.15) is 6.33 Å². The van der Waals surface area contributed by atoms with Crippen molar-refractivity contribution in [1.82, 2.24) is 24.5 Å². The summed E-state index contributed by atoms with van der Waals surface area (Å²) in [5.41, 5.74) is 0.763. The van der Waals surface area contributed by atoms with Gasteiger partial charge >= 0.3 is 0 Å². The summed E-state index contributed by atoms with van der Waals surface area (Å²) in [4.78, 5) is 11.9. The van der Waals surface area contributed by atoms with Crippen molar-refractivity contribution in [2.45, 2.75) is 5.16 Å². The minimum absolute atomic E-state index is 0.120. The number of hydrogen-bond donors (Lipinski definition) is 2. The minimum Gasteiger partial charge on any atom is -0.335 e. The highest BCUT2D eigenvalue weighted by Crippen LogP contribution is 2.16. The van der Waals surface area contributed by atoms with Gasteiger partial charge in [-0.1, -0.05) is 11.8 Å². The maximum atomic E-state index is 11.9. The third-order valence-corrected chi connectivity index (χ3v) is 4.22. The SMILES string of the molecule is Nn1cnn2c(SCC(=O)Nc3ccc(I)cc3)nnc12. The predicted octanol–water partition coefficient (Wildman–Crippen LogP) is 0.975. The molecule has 21 heavy (non-hydrogen) atoms. The topological polar surface area (TPSA) is 103 Å². The number of fused-ring (bicyclic) bond motifs is 1. The van der Waals surface area contributed by atoms with E-state index in [2.05, 4.69) is 43.2 Å². The van der Waals surface area contributed by atoms with Gasteiger partial charge in [-0.2, -0.15) is 9.61 Å². The second-order valence-corrected chi connectivity index (χ2v) is 6.26. The molecule has 0 spiro atoms. The van der Waals surface area contributed by atoms with Gasteiger partial charge < -0.3 is 11.2 Å². The van der Waals surface area contributed by atoms with Crippen LogP contribution >= 0.6 is 34.4 Å². The molecule has 2 heterocycles. The van der Waals surface area contributed by atoms with Crippen LogP contribution in [0.1, 0.15) is 0 Å². The summed E-state index contributed by atoms with van der Waals surface area (Å²) in [6, 6.07) is 7.57. The molecule has 0 aliphatic carbocycles. The standard InChI is InChI=1S/C11H10IN7OS/c12-7-1-3-8(4-2-7)15-9(20)5-21-11-17-16-10-18(13)6-14-19(10)11/h1-4,6H,5,13H2,(H,15,20). The van der Waals surface area contributed by atoms with E-state index in [4.69, 9.17) is 5.84 Å². The first-order chi connectivity index (χ1) is 10.1. The Hall–Kier alpha value is -1.82. The summed E-state index contributed by atoms with van der Waals surface area (Å²) in [6.07, 6.45) is 1.43. The number of anilines is 1. The number of nitrogens with one attached hydrogen (secondary N) is 1. The second kappa shape index (κ2) is 5.89. The lowest BCUT2D eigenvalue weighted by molar-refractivity contribution is -0.113. The first-order valence-corrected chi connectivity index (χ1v) is 7.92. The highest BCUT2D eigenvalue weighted by Gasteiger charge is 2.12. The summed E-state index contributed by atoms with van der Waals surface area (Å²) in [7, 11) is 0. The molecule has 0 aliphatic rings. The van der Waals surface area contributed by atoms with Crippen LogP contribution in [0, 0.1) is 3.57 Å². The fraction of sp³-hybridized carbons (Fsp3) is 0.0909. The average molecular weight is 415 g/mol. The Morgan fingerprint density at radius 2 is 2.10 bits per heavy atom. The van der Waals surface area contributed by atoms with Crippen LogP contribution in [0.2, 0.25) is 0 Å². The fourth-order valence-electron chi connectivity index (χ4n) is 1.63. The fourth-order valence-corrected chi connectivity index (χ4v) is 2.67. The van der Waals surface area contributed by atoms with Crippen molar-refractivity contribution in [2.75, 3.05) is 16.9 Å². The molecule has 0 saturated heterocycles. The summed E-state index contributed by atoms with van der Waals surface area (Å²) < 4.78 is 3.87. The molecular weight excluding hydrogens is 405 g/mol. The molecule has 1 amide bonds. The summed E-state index contributed by atoms with van der Waals surface area (Å²) >= 11 is 3.45. The predicted molar refractivity (Wildman–Crippen MR) is 87.4 cm³/mol. The molecule has 1 aromatic carbocycles. The molecule has 0 fully saturated rings. The zero-order valence-corrected chi connectivity index (χ0v) is 13.6. The molecule has 3 rings (SSSR count). The van der Waals surface area contributed by atoms with Crippen molar-refractivity contribution in [3.8, 4) is 0 Å². The molecule has 3 N–H and O–H groups in total. The van der Waals surface area contributed by atoms with Crippen LogP contribution in [0.3, 0.4) is 0 Å². The van der Waals surface area contributed by atoms with Crippen LogP contribution in [0.15, 0.2) is 35.7 Å². The van der Waals surface area contributed by atoms with Crippen LogP contribution in [-0.2, 0) is 4.79 Å². The molecular formula is C11H10IN7OS. The lowest BCUT2D eigenvalue weighted by Crippen LogP contribution is -2.14. The van der Waals surface area contributed by atoms with Crippen LogP contribution in [0.25, 0.3) is 5.78 Å². The van der Waals surface area contributed by atoms with Crippen molar-refractivity contribution < 1.29 is 4.79 Å². The van der Waals surface area contributed by atoms with E-state index in [0.717, 1.165) is 9.26 Å². The molecule has 0 atom stereocenters. The van der Waals surface area contributed by atoms with Gasteiger partial charge in [-0.3, -0.25) is 4.79 Å². The molecule has 3 aromatic rings. The number of nitrogen functional groups attached to an aromatic ring is 1. The number of rotatable bonds is 4.